The Morgan fingerprint density at radius 1 is 1.31 bits per heavy atom. The maximum Gasteiger partial charge on any atom is 0.416 e. The molecular formula is C7H9F5O. The Labute approximate surface area is 72.5 Å². The summed E-state index contributed by atoms with van der Waals surface area (Å²) in [5.74, 6) is 0. The lowest BCUT2D eigenvalue weighted by Crippen LogP contribution is -2.08. The molecule has 0 aromatic rings. The third-order valence-electron chi connectivity index (χ3n) is 0.551. The summed E-state index contributed by atoms with van der Waals surface area (Å²) in [5.41, 5.74) is 0. The minimum absolute atomic E-state index is 0.264. The lowest BCUT2D eigenvalue weighted by molar-refractivity contribution is -0.142. The summed E-state index contributed by atoms with van der Waals surface area (Å²) < 4.78 is 57.1. The number of halogens is 5. The number of hydrogen-bond acceptors (Lipinski definition) is 1. The quantitative estimate of drug-likeness (QED) is 0.390. The molecule has 0 amide bonds. The van der Waals surface area contributed by atoms with E-state index in [0.29, 0.717) is 6.33 Å². The minimum Gasteiger partial charge on any atom is -0.498 e. The Morgan fingerprint density at radius 3 is 2.00 bits per heavy atom. The standard InChI is InChI=1S/C5H7FO.C2H2F4/c1-2-7-5-3-4-6;3-1-2(4,5)6/h2-4H,1,5H2;1H2. The van der Waals surface area contributed by atoms with E-state index in [-0.39, 0.29) is 6.61 Å². The Balaban J connectivity index is 0. The lowest BCUT2D eigenvalue weighted by Gasteiger charge is -1.93. The molecule has 0 heterocycles. The summed E-state index contributed by atoms with van der Waals surface area (Å²) in [5, 5.41) is 0. The maximum absolute atomic E-state index is 11.0. The Kier molecular flexibility index (Phi) is 10.0. The van der Waals surface area contributed by atoms with Gasteiger partial charge in [-0.25, -0.2) is 8.78 Å². The first-order chi connectivity index (χ1) is 5.97. The molecule has 0 N–H and O–H groups in total. The normalized spacial score (nSPS) is 10.5. The van der Waals surface area contributed by atoms with Crippen LogP contribution in [0, 0.1) is 0 Å². The molecule has 0 aliphatic heterocycles. The van der Waals surface area contributed by atoms with E-state index in [9.17, 15) is 22.0 Å². The fraction of sp³-hybridized carbons (Fsp3) is 0.429. The summed E-state index contributed by atoms with van der Waals surface area (Å²) in [6, 6.07) is 0. The molecule has 0 aromatic carbocycles. The molecule has 0 saturated heterocycles. The second-order valence-electron chi connectivity index (χ2n) is 1.61. The van der Waals surface area contributed by atoms with Crippen LogP contribution in [-0.2, 0) is 4.74 Å². The lowest BCUT2D eigenvalue weighted by atomic mass is 10.7. The van der Waals surface area contributed by atoms with Gasteiger partial charge in [0.15, 0.2) is 6.67 Å². The van der Waals surface area contributed by atoms with E-state index in [1.165, 1.54) is 12.3 Å². The zero-order valence-electron chi connectivity index (χ0n) is 6.65. The van der Waals surface area contributed by atoms with Crippen LogP contribution in [-0.4, -0.2) is 19.5 Å². The van der Waals surface area contributed by atoms with Crippen molar-refractivity contribution in [3.05, 3.63) is 25.2 Å². The van der Waals surface area contributed by atoms with Crippen molar-refractivity contribution in [2.24, 2.45) is 0 Å². The Morgan fingerprint density at radius 2 is 1.77 bits per heavy atom. The topological polar surface area (TPSA) is 9.23 Å². The van der Waals surface area contributed by atoms with Gasteiger partial charge in [0, 0.05) is 0 Å². The number of rotatable bonds is 3. The van der Waals surface area contributed by atoms with Gasteiger partial charge in [-0.05, 0) is 6.08 Å². The molecule has 0 radical (unpaired) electrons. The van der Waals surface area contributed by atoms with Crippen molar-refractivity contribution in [2.75, 3.05) is 13.3 Å². The Hall–Kier alpha value is -1.07. The van der Waals surface area contributed by atoms with Crippen LogP contribution in [0.4, 0.5) is 22.0 Å². The van der Waals surface area contributed by atoms with E-state index in [0.717, 1.165) is 0 Å². The van der Waals surface area contributed by atoms with Crippen LogP contribution in [0.5, 0.6) is 0 Å². The molecule has 1 nitrogen and oxygen atoms in total. The summed E-state index contributed by atoms with van der Waals surface area (Å²) in [7, 11) is 0. The van der Waals surface area contributed by atoms with E-state index in [1.54, 1.807) is 0 Å². The predicted octanol–water partition coefficient (Wildman–Crippen LogP) is 3.15. The zero-order valence-corrected chi connectivity index (χ0v) is 6.65. The molecule has 0 bridgehead atoms. The second-order valence-corrected chi connectivity index (χ2v) is 1.61. The molecular weight excluding hydrogens is 195 g/mol. The fourth-order valence-electron chi connectivity index (χ4n) is 0.160. The summed E-state index contributed by atoms with van der Waals surface area (Å²) in [6.07, 6.45) is -1.68. The van der Waals surface area contributed by atoms with E-state index >= 15 is 0 Å². The molecule has 0 aliphatic carbocycles. The van der Waals surface area contributed by atoms with Crippen LogP contribution in [0.3, 0.4) is 0 Å². The molecule has 13 heavy (non-hydrogen) atoms. The molecule has 0 spiro atoms. The first-order valence-electron chi connectivity index (χ1n) is 3.08. The fourth-order valence-corrected chi connectivity index (χ4v) is 0.160. The molecule has 78 valence electrons. The van der Waals surface area contributed by atoms with Crippen LogP contribution in [0.1, 0.15) is 0 Å². The highest BCUT2D eigenvalue weighted by atomic mass is 19.4. The average molecular weight is 204 g/mol. The maximum atomic E-state index is 11.0. The molecule has 0 atom stereocenters. The van der Waals surface area contributed by atoms with Gasteiger partial charge in [-0.15, -0.1) is 0 Å². The molecule has 0 aliphatic rings. The SMILES string of the molecule is C=COCC=CF.FCC(F)(F)F. The van der Waals surface area contributed by atoms with Gasteiger partial charge in [-0.3, -0.25) is 0 Å². The van der Waals surface area contributed by atoms with Crippen molar-refractivity contribution in [2.45, 2.75) is 6.18 Å². The van der Waals surface area contributed by atoms with Crippen LogP contribution in [0.2, 0.25) is 0 Å². The van der Waals surface area contributed by atoms with E-state index in [2.05, 4.69) is 11.3 Å². The summed E-state index contributed by atoms with van der Waals surface area (Å²) >= 11 is 0. The summed E-state index contributed by atoms with van der Waals surface area (Å²) in [4.78, 5) is 0. The van der Waals surface area contributed by atoms with Gasteiger partial charge in [-0.1, -0.05) is 6.58 Å². The van der Waals surface area contributed by atoms with Crippen molar-refractivity contribution in [1.29, 1.82) is 0 Å². The second kappa shape index (κ2) is 9.02. The van der Waals surface area contributed by atoms with Gasteiger partial charge in [0.1, 0.15) is 6.61 Å². The molecule has 0 rings (SSSR count). The van der Waals surface area contributed by atoms with Gasteiger partial charge < -0.3 is 4.74 Å². The van der Waals surface area contributed by atoms with Gasteiger partial charge in [-0.2, -0.15) is 13.2 Å². The predicted molar refractivity (Wildman–Crippen MR) is 38.4 cm³/mol. The number of hydrogen-bond donors (Lipinski definition) is 0. The highest BCUT2D eigenvalue weighted by molar-refractivity contribution is 4.71. The van der Waals surface area contributed by atoms with Gasteiger partial charge >= 0.3 is 6.18 Å². The van der Waals surface area contributed by atoms with Crippen molar-refractivity contribution >= 4 is 0 Å². The largest absolute Gasteiger partial charge is 0.498 e. The smallest absolute Gasteiger partial charge is 0.416 e. The number of ether oxygens (including phenoxy) is 1. The highest BCUT2D eigenvalue weighted by Gasteiger charge is 2.26. The van der Waals surface area contributed by atoms with Crippen molar-refractivity contribution in [3.63, 3.8) is 0 Å². The zero-order chi connectivity index (χ0) is 10.7. The first-order valence-corrected chi connectivity index (χ1v) is 3.08. The van der Waals surface area contributed by atoms with Gasteiger partial charge in [0.25, 0.3) is 0 Å². The van der Waals surface area contributed by atoms with E-state index in [1.807, 2.05) is 0 Å². The van der Waals surface area contributed by atoms with Crippen molar-refractivity contribution < 1.29 is 26.7 Å². The van der Waals surface area contributed by atoms with Crippen molar-refractivity contribution in [3.8, 4) is 0 Å². The molecule has 0 fully saturated rings. The van der Waals surface area contributed by atoms with Crippen LogP contribution >= 0.6 is 0 Å². The third kappa shape index (κ3) is 24.8. The van der Waals surface area contributed by atoms with Crippen LogP contribution < -0.4 is 0 Å². The van der Waals surface area contributed by atoms with Crippen LogP contribution in [0.15, 0.2) is 25.2 Å². The minimum atomic E-state index is -4.62. The van der Waals surface area contributed by atoms with Crippen LogP contribution in [0.25, 0.3) is 0 Å². The highest BCUT2D eigenvalue weighted by Crippen LogP contribution is 2.13. The van der Waals surface area contributed by atoms with Crippen molar-refractivity contribution in [1.82, 2.24) is 0 Å². The Bertz CT molecular complexity index is 140. The molecule has 6 heteroatoms. The average Bonchev–Trinajstić information content (AvgIpc) is 2.06. The van der Waals surface area contributed by atoms with Gasteiger partial charge in [0.2, 0.25) is 0 Å². The third-order valence-corrected chi connectivity index (χ3v) is 0.551. The molecule has 0 saturated carbocycles. The first kappa shape index (κ1) is 14.5. The number of alkyl halides is 4. The summed E-state index contributed by atoms with van der Waals surface area (Å²) in [6.45, 7) is 1.29. The molecule has 0 aromatic heterocycles. The van der Waals surface area contributed by atoms with E-state index in [4.69, 9.17) is 0 Å². The van der Waals surface area contributed by atoms with Gasteiger partial charge in [0.05, 0.1) is 12.6 Å². The monoisotopic (exact) mass is 204 g/mol. The molecule has 0 unspecified atom stereocenters. The van der Waals surface area contributed by atoms with E-state index < -0.39 is 12.9 Å².